The number of rotatable bonds is 6. The summed E-state index contributed by atoms with van der Waals surface area (Å²) in [5, 5.41) is 0. The van der Waals surface area contributed by atoms with Crippen LogP contribution in [0.15, 0.2) is 18.2 Å². The van der Waals surface area contributed by atoms with Crippen LogP contribution in [0.2, 0.25) is 0 Å². The van der Waals surface area contributed by atoms with E-state index < -0.39 is 0 Å². The highest BCUT2D eigenvalue weighted by Gasteiger charge is 2.08. The van der Waals surface area contributed by atoms with Gasteiger partial charge in [-0.05, 0) is 36.0 Å². The molecule has 100 valence electrons. The molecule has 0 aromatic heterocycles. The first-order valence-electron chi connectivity index (χ1n) is 6.32. The third-order valence-corrected chi connectivity index (χ3v) is 3.03. The van der Waals surface area contributed by atoms with E-state index in [4.69, 9.17) is 4.74 Å². The molecule has 3 heteroatoms. The van der Waals surface area contributed by atoms with Crippen LogP contribution in [-0.2, 0) is 16.0 Å². The Morgan fingerprint density at radius 2 is 2.00 bits per heavy atom. The van der Waals surface area contributed by atoms with Crippen LogP contribution in [0.25, 0.3) is 0 Å². The molecule has 0 unspecified atom stereocenters. The molecule has 0 radical (unpaired) electrons. The molecule has 0 aliphatic rings. The zero-order valence-electron chi connectivity index (χ0n) is 11.7. The van der Waals surface area contributed by atoms with Crippen molar-refractivity contribution in [3.63, 3.8) is 0 Å². The normalized spacial score (nSPS) is 10.5. The van der Waals surface area contributed by atoms with Gasteiger partial charge in [-0.15, -0.1) is 0 Å². The molecule has 0 aliphatic carbocycles. The van der Waals surface area contributed by atoms with E-state index in [-0.39, 0.29) is 5.97 Å². The molecule has 3 nitrogen and oxygen atoms in total. The Kier molecular flexibility index (Phi) is 5.69. The molecule has 1 aromatic rings. The molecule has 0 aliphatic heterocycles. The smallest absolute Gasteiger partial charge is 0.305 e. The third-order valence-electron chi connectivity index (χ3n) is 3.03. The van der Waals surface area contributed by atoms with Crippen molar-refractivity contribution in [2.24, 2.45) is 0 Å². The average molecular weight is 250 g/mol. The summed E-state index contributed by atoms with van der Waals surface area (Å²) in [6.07, 6.45) is 2.06. The van der Waals surface area contributed by atoms with Crippen molar-refractivity contribution < 1.29 is 14.3 Å². The zero-order valence-corrected chi connectivity index (χ0v) is 11.7. The van der Waals surface area contributed by atoms with Gasteiger partial charge in [-0.25, -0.2) is 0 Å². The number of carbonyl (C=O) groups excluding carboxylic acids is 1. The Bertz CT molecular complexity index is 397. The minimum atomic E-state index is -0.159. The SMILES string of the molecule is COC(=O)CCCc1ccc(C(C)C)cc1OC. The van der Waals surface area contributed by atoms with E-state index in [0.29, 0.717) is 12.3 Å². The largest absolute Gasteiger partial charge is 0.496 e. The summed E-state index contributed by atoms with van der Waals surface area (Å²) in [6.45, 7) is 4.32. The molecule has 0 bridgehead atoms. The van der Waals surface area contributed by atoms with Gasteiger partial charge in [-0.2, -0.15) is 0 Å². The first-order chi connectivity index (χ1) is 8.58. The third kappa shape index (κ3) is 4.06. The second kappa shape index (κ2) is 7.04. The molecule has 0 saturated carbocycles. The summed E-state index contributed by atoms with van der Waals surface area (Å²) >= 11 is 0. The molecule has 0 heterocycles. The average Bonchev–Trinajstić information content (AvgIpc) is 2.38. The van der Waals surface area contributed by atoms with E-state index in [1.165, 1.54) is 12.7 Å². The lowest BCUT2D eigenvalue weighted by molar-refractivity contribution is -0.140. The van der Waals surface area contributed by atoms with Crippen molar-refractivity contribution >= 4 is 5.97 Å². The van der Waals surface area contributed by atoms with Gasteiger partial charge in [0.25, 0.3) is 0 Å². The van der Waals surface area contributed by atoms with E-state index in [9.17, 15) is 4.79 Å². The Morgan fingerprint density at radius 1 is 1.28 bits per heavy atom. The van der Waals surface area contributed by atoms with Crippen molar-refractivity contribution in [3.05, 3.63) is 29.3 Å². The Morgan fingerprint density at radius 3 is 2.56 bits per heavy atom. The summed E-state index contributed by atoms with van der Waals surface area (Å²) in [4.78, 5) is 11.0. The summed E-state index contributed by atoms with van der Waals surface area (Å²) < 4.78 is 10.0. The maximum absolute atomic E-state index is 11.0. The van der Waals surface area contributed by atoms with Crippen molar-refractivity contribution in [1.29, 1.82) is 0 Å². The van der Waals surface area contributed by atoms with Crippen molar-refractivity contribution in [1.82, 2.24) is 0 Å². The summed E-state index contributed by atoms with van der Waals surface area (Å²) in [6, 6.07) is 6.30. The molecular formula is C15H22O3. The van der Waals surface area contributed by atoms with Crippen LogP contribution in [0.4, 0.5) is 0 Å². The Balaban J connectivity index is 2.68. The highest BCUT2D eigenvalue weighted by atomic mass is 16.5. The van der Waals surface area contributed by atoms with E-state index in [0.717, 1.165) is 24.2 Å². The quantitative estimate of drug-likeness (QED) is 0.727. The zero-order chi connectivity index (χ0) is 13.5. The van der Waals surface area contributed by atoms with E-state index >= 15 is 0 Å². The highest BCUT2D eigenvalue weighted by molar-refractivity contribution is 5.69. The molecule has 0 atom stereocenters. The van der Waals surface area contributed by atoms with Crippen molar-refractivity contribution in [2.45, 2.75) is 39.0 Å². The lowest BCUT2D eigenvalue weighted by atomic mass is 9.99. The number of esters is 1. The van der Waals surface area contributed by atoms with Gasteiger partial charge in [0, 0.05) is 6.42 Å². The van der Waals surface area contributed by atoms with E-state index in [1.807, 2.05) is 0 Å². The molecule has 0 fully saturated rings. The number of methoxy groups -OCH3 is 2. The van der Waals surface area contributed by atoms with E-state index in [2.05, 4.69) is 36.8 Å². The van der Waals surface area contributed by atoms with Crippen LogP contribution in [0.3, 0.4) is 0 Å². The summed E-state index contributed by atoms with van der Waals surface area (Å²) in [7, 11) is 3.10. The van der Waals surface area contributed by atoms with Gasteiger partial charge in [0.2, 0.25) is 0 Å². The van der Waals surface area contributed by atoms with Crippen molar-refractivity contribution in [3.8, 4) is 5.75 Å². The molecule has 1 rings (SSSR count). The van der Waals surface area contributed by atoms with Crippen LogP contribution >= 0.6 is 0 Å². The van der Waals surface area contributed by atoms with Gasteiger partial charge in [0.15, 0.2) is 0 Å². The monoisotopic (exact) mass is 250 g/mol. The molecule has 18 heavy (non-hydrogen) atoms. The minimum absolute atomic E-state index is 0.159. The molecule has 0 spiro atoms. The maximum Gasteiger partial charge on any atom is 0.305 e. The molecular weight excluding hydrogens is 228 g/mol. The summed E-state index contributed by atoms with van der Waals surface area (Å²) in [5.74, 6) is 1.24. The standard InChI is InChI=1S/C15H22O3/c1-11(2)13-9-8-12(14(10-13)17-3)6-5-7-15(16)18-4/h8-11H,5-7H2,1-4H3. The van der Waals surface area contributed by atoms with Crippen LogP contribution < -0.4 is 4.74 Å². The number of benzene rings is 1. The van der Waals surface area contributed by atoms with Crippen LogP contribution in [0, 0.1) is 0 Å². The fourth-order valence-electron chi connectivity index (χ4n) is 1.85. The van der Waals surface area contributed by atoms with Gasteiger partial charge in [-0.3, -0.25) is 4.79 Å². The predicted octanol–water partition coefficient (Wildman–Crippen LogP) is 3.31. The topological polar surface area (TPSA) is 35.5 Å². The van der Waals surface area contributed by atoms with Gasteiger partial charge >= 0.3 is 5.97 Å². The van der Waals surface area contributed by atoms with Gasteiger partial charge in [0.05, 0.1) is 14.2 Å². The first-order valence-corrected chi connectivity index (χ1v) is 6.32. The van der Waals surface area contributed by atoms with E-state index in [1.54, 1.807) is 7.11 Å². The first kappa shape index (κ1) is 14.6. The Hall–Kier alpha value is -1.51. The van der Waals surface area contributed by atoms with Crippen LogP contribution in [0.5, 0.6) is 5.75 Å². The number of aryl methyl sites for hydroxylation is 1. The fraction of sp³-hybridized carbons (Fsp3) is 0.533. The second-order valence-electron chi connectivity index (χ2n) is 4.66. The summed E-state index contributed by atoms with van der Waals surface area (Å²) in [5.41, 5.74) is 2.41. The number of ether oxygens (including phenoxy) is 2. The molecule has 0 N–H and O–H groups in total. The maximum atomic E-state index is 11.0. The Labute approximate surface area is 109 Å². The molecule has 0 saturated heterocycles. The predicted molar refractivity (Wildman–Crippen MR) is 72.0 cm³/mol. The molecule has 0 amide bonds. The van der Waals surface area contributed by atoms with Gasteiger partial charge in [-0.1, -0.05) is 26.0 Å². The number of hydrogen-bond donors (Lipinski definition) is 0. The highest BCUT2D eigenvalue weighted by Crippen LogP contribution is 2.25. The van der Waals surface area contributed by atoms with Crippen molar-refractivity contribution in [2.75, 3.05) is 14.2 Å². The van der Waals surface area contributed by atoms with Gasteiger partial charge < -0.3 is 9.47 Å². The molecule has 1 aromatic carbocycles. The lowest BCUT2D eigenvalue weighted by Crippen LogP contribution is -2.01. The van der Waals surface area contributed by atoms with Crippen LogP contribution in [0.1, 0.15) is 43.7 Å². The minimum Gasteiger partial charge on any atom is -0.496 e. The lowest BCUT2D eigenvalue weighted by Gasteiger charge is -2.12. The fourth-order valence-corrected chi connectivity index (χ4v) is 1.85. The number of carbonyl (C=O) groups is 1. The van der Waals surface area contributed by atoms with Crippen LogP contribution in [-0.4, -0.2) is 20.2 Å². The van der Waals surface area contributed by atoms with Gasteiger partial charge in [0.1, 0.15) is 5.75 Å². The number of hydrogen-bond acceptors (Lipinski definition) is 3. The second-order valence-corrected chi connectivity index (χ2v) is 4.66.